The molecule has 3 aliphatic heterocycles. The van der Waals surface area contributed by atoms with Crippen molar-refractivity contribution in [2.45, 2.75) is 31.7 Å². The average molecular weight is 409 g/mol. The second-order valence-electron chi connectivity index (χ2n) is 7.96. The molecule has 2 aromatic carbocycles. The number of hydrazone groups is 1. The molecule has 0 unspecified atom stereocenters. The van der Waals surface area contributed by atoms with Gasteiger partial charge >= 0.3 is 0 Å². The Balaban J connectivity index is 1.44. The lowest BCUT2D eigenvalue weighted by molar-refractivity contribution is -0.134. The maximum atomic E-state index is 13.8. The number of rotatable bonds is 4. The molecule has 2 aromatic rings. The van der Waals surface area contributed by atoms with Gasteiger partial charge in [0.25, 0.3) is 5.91 Å². The number of amides is 1. The number of carbonyl (C=O) groups excluding carboxylic acids is 1. The smallest absolute Gasteiger partial charge is 0.257 e. The minimum atomic E-state index is -0.312. The van der Waals surface area contributed by atoms with Crippen molar-refractivity contribution in [2.24, 2.45) is 5.10 Å². The van der Waals surface area contributed by atoms with Crippen LogP contribution in [0.5, 0.6) is 11.5 Å². The third-order valence-corrected chi connectivity index (χ3v) is 5.91. The van der Waals surface area contributed by atoms with Gasteiger partial charge in [-0.1, -0.05) is 24.6 Å². The minimum Gasteiger partial charge on any atom is -0.454 e. The van der Waals surface area contributed by atoms with Crippen molar-refractivity contribution >= 4 is 11.6 Å². The lowest BCUT2D eigenvalue weighted by Crippen LogP contribution is -2.40. The van der Waals surface area contributed by atoms with Gasteiger partial charge in [0, 0.05) is 12.0 Å². The van der Waals surface area contributed by atoms with Crippen LogP contribution in [0.1, 0.15) is 42.9 Å². The van der Waals surface area contributed by atoms with Gasteiger partial charge in [0.15, 0.2) is 11.5 Å². The fourth-order valence-electron chi connectivity index (χ4n) is 4.34. The number of nitrogens with zero attached hydrogens (tertiary/aromatic N) is 3. The summed E-state index contributed by atoms with van der Waals surface area (Å²) in [4.78, 5) is 15.4. The molecule has 0 aromatic heterocycles. The number of benzene rings is 2. The van der Waals surface area contributed by atoms with E-state index in [-0.39, 0.29) is 24.6 Å². The van der Waals surface area contributed by atoms with Crippen LogP contribution in [0.3, 0.4) is 0 Å². The van der Waals surface area contributed by atoms with Crippen LogP contribution in [-0.2, 0) is 4.79 Å². The van der Waals surface area contributed by atoms with Crippen LogP contribution >= 0.6 is 0 Å². The van der Waals surface area contributed by atoms with Gasteiger partial charge < -0.3 is 9.47 Å². The van der Waals surface area contributed by atoms with Gasteiger partial charge in [-0.15, -0.1) is 0 Å². The molecule has 0 aliphatic carbocycles. The molecule has 0 spiro atoms. The molecule has 30 heavy (non-hydrogen) atoms. The number of hydrogen-bond acceptors (Lipinski definition) is 5. The number of carbonyl (C=O) groups is 1. The molecule has 6 nitrogen and oxygen atoms in total. The predicted molar refractivity (Wildman–Crippen MR) is 110 cm³/mol. The van der Waals surface area contributed by atoms with Crippen molar-refractivity contribution in [3.8, 4) is 11.5 Å². The fraction of sp³-hybridized carbons (Fsp3) is 0.391. The molecular weight excluding hydrogens is 385 g/mol. The van der Waals surface area contributed by atoms with Gasteiger partial charge in [-0.25, -0.2) is 9.40 Å². The van der Waals surface area contributed by atoms with Crippen LogP contribution in [-0.4, -0.2) is 48.0 Å². The van der Waals surface area contributed by atoms with E-state index in [2.05, 4.69) is 10.0 Å². The Hall–Kier alpha value is -2.93. The Bertz CT molecular complexity index is 987. The molecule has 1 fully saturated rings. The van der Waals surface area contributed by atoms with E-state index in [0.717, 1.165) is 31.5 Å². The monoisotopic (exact) mass is 409 g/mol. The topological polar surface area (TPSA) is 54.4 Å². The summed E-state index contributed by atoms with van der Waals surface area (Å²) in [7, 11) is 0. The highest BCUT2D eigenvalue weighted by Crippen LogP contribution is 2.39. The molecule has 1 atom stereocenters. The predicted octanol–water partition coefficient (Wildman–Crippen LogP) is 3.72. The van der Waals surface area contributed by atoms with Gasteiger partial charge in [0.2, 0.25) is 6.79 Å². The van der Waals surface area contributed by atoms with E-state index >= 15 is 0 Å². The first-order valence-corrected chi connectivity index (χ1v) is 10.4. The molecule has 0 bridgehead atoms. The highest BCUT2D eigenvalue weighted by atomic mass is 19.1. The van der Waals surface area contributed by atoms with Crippen LogP contribution in [0, 0.1) is 5.82 Å². The average Bonchev–Trinajstić information content (AvgIpc) is 3.41. The van der Waals surface area contributed by atoms with Crippen LogP contribution in [0.2, 0.25) is 0 Å². The number of hydrogen-bond donors (Lipinski definition) is 0. The molecule has 7 heteroatoms. The Morgan fingerprint density at radius 1 is 1.07 bits per heavy atom. The van der Waals surface area contributed by atoms with Crippen molar-refractivity contribution in [3.63, 3.8) is 0 Å². The zero-order valence-electron chi connectivity index (χ0n) is 16.7. The normalized spacial score (nSPS) is 21.0. The first-order chi connectivity index (χ1) is 14.7. The van der Waals surface area contributed by atoms with E-state index in [1.165, 1.54) is 18.6 Å². The van der Waals surface area contributed by atoms with Gasteiger partial charge in [-0.2, -0.15) is 5.10 Å². The van der Waals surface area contributed by atoms with E-state index in [1.54, 1.807) is 11.1 Å². The third kappa shape index (κ3) is 3.77. The van der Waals surface area contributed by atoms with Crippen molar-refractivity contribution in [1.82, 2.24) is 9.91 Å². The van der Waals surface area contributed by atoms with Gasteiger partial charge in [-0.3, -0.25) is 9.69 Å². The highest BCUT2D eigenvalue weighted by Gasteiger charge is 2.34. The van der Waals surface area contributed by atoms with Crippen LogP contribution in [0.4, 0.5) is 4.39 Å². The largest absolute Gasteiger partial charge is 0.454 e. The molecule has 3 heterocycles. The maximum Gasteiger partial charge on any atom is 0.257 e. The van der Waals surface area contributed by atoms with Crippen LogP contribution < -0.4 is 9.47 Å². The second-order valence-corrected chi connectivity index (χ2v) is 7.96. The van der Waals surface area contributed by atoms with E-state index in [0.29, 0.717) is 35.7 Å². The molecule has 5 rings (SSSR count). The quantitative estimate of drug-likeness (QED) is 0.772. The number of ether oxygens (including phenoxy) is 2. The highest BCUT2D eigenvalue weighted by molar-refractivity contribution is 6.03. The van der Waals surface area contributed by atoms with Crippen molar-refractivity contribution in [1.29, 1.82) is 0 Å². The summed E-state index contributed by atoms with van der Waals surface area (Å²) in [5.74, 6) is 1.03. The molecule has 0 radical (unpaired) electrons. The number of fused-ring (bicyclic) bond motifs is 1. The minimum absolute atomic E-state index is 0.0361. The Labute approximate surface area is 174 Å². The molecule has 0 saturated carbocycles. The molecule has 3 aliphatic rings. The summed E-state index contributed by atoms with van der Waals surface area (Å²) in [5.41, 5.74) is 2.35. The first-order valence-electron chi connectivity index (χ1n) is 10.4. The van der Waals surface area contributed by atoms with Crippen molar-refractivity contribution in [2.75, 3.05) is 26.4 Å². The van der Waals surface area contributed by atoms with E-state index in [9.17, 15) is 9.18 Å². The van der Waals surface area contributed by atoms with Crippen molar-refractivity contribution in [3.05, 3.63) is 59.4 Å². The van der Waals surface area contributed by atoms with E-state index in [1.807, 2.05) is 24.3 Å². The zero-order chi connectivity index (χ0) is 20.5. The van der Waals surface area contributed by atoms with E-state index in [4.69, 9.17) is 9.47 Å². The molecule has 1 amide bonds. The Morgan fingerprint density at radius 2 is 1.90 bits per heavy atom. The maximum absolute atomic E-state index is 13.8. The molecule has 156 valence electrons. The SMILES string of the molecule is O=C(CN1CCCCC1)N1N=C(c2cccc(F)c2)C[C@@H]1c1ccc2c(c1)OCO2. The lowest BCUT2D eigenvalue weighted by Gasteiger charge is -2.29. The summed E-state index contributed by atoms with van der Waals surface area (Å²) in [5, 5.41) is 6.23. The van der Waals surface area contributed by atoms with Gasteiger partial charge in [0.1, 0.15) is 5.82 Å². The van der Waals surface area contributed by atoms with Crippen molar-refractivity contribution < 1.29 is 18.7 Å². The Morgan fingerprint density at radius 3 is 2.73 bits per heavy atom. The second kappa shape index (κ2) is 8.07. The molecule has 0 N–H and O–H groups in total. The summed E-state index contributed by atoms with van der Waals surface area (Å²) < 4.78 is 24.7. The first kappa shape index (κ1) is 19.1. The number of halogens is 1. The van der Waals surface area contributed by atoms with Crippen LogP contribution in [0.15, 0.2) is 47.6 Å². The number of likely N-dealkylation sites (tertiary alicyclic amines) is 1. The zero-order valence-corrected chi connectivity index (χ0v) is 16.7. The molecular formula is C23H24FN3O3. The summed E-state index contributed by atoms with van der Waals surface area (Å²) in [6.45, 7) is 2.43. The number of piperidine rings is 1. The lowest BCUT2D eigenvalue weighted by atomic mass is 9.98. The standard InChI is InChI=1S/C23H24FN3O3/c24-18-6-4-5-16(11-18)19-13-20(17-7-8-21-22(12-17)30-15-29-21)27(25-19)23(28)14-26-9-2-1-3-10-26/h4-8,11-12,20H,1-3,9-10,13-15H2/t20-/m1/s1. The summed E-state index contributed by atoms with van der Waals surface area (Å²) >= 11 is 0. The fourth-order valence-corrected chi connectivity index (χ4v) is 4.34. The molecule has 1 saturated heterocycles. The van der Waals surface area contributed by atoms with Gasteiger partial charge in [-0.05, 0) is 55.8 Å². The summed E-state index contributed by atoms with van der Waals surface area (Å²) in [6.07, 6.45) is 3.98. The Kier molecular flexibility index (Phi) is 5.12. The third-order valence-electron chi connectivity index (χ3n) is 5.91. The van der Waals surface area contributed by atoms with Crippen LogP contribution in [0.25, 0.3) is 0 Å². The summed E-state index contributed by atoms with van der Waals surface area (Å²) in [6, 6.07) is 11.8. The van der Waals surface area contributed by atoms with E-state index < -0.39 is 0 Å². The van der Waals surface area contributed by atoms with Gasteiger partial charge in [0.05, 0.1) is 18.3 Å².